The lowest BCUT2D eigenvalue weighted by atomic mass is 10.1. The van der Waals surface area contributed by atoms with E-state index in [0.717, 1.165) is 59.3 Å². The Morgan fingerprint density at radius 1 is 1.16 bits per heavy atom. The van der Waals surface area contributed by atoms with Gasteiger partial charge in [-0.3, -0.25) is 14.4 Å². The summed E-state index contributed by atoms with van der Waals surface area (Å²) in [6, 6.07) is 8.14. The molecule has 2 N–H and O–H groups in total. The number of ether oxygens (including phenoxy) is 1. The number of aromatic nitrogens is 2. The molecule has 1 atom stereocenters. The number of hydrogen-bond donors (Lipinski definition) is 2. The number of carbonyl (C=O) groups is 1. The summed E-state index contributed by atoms with van der Waals surface area (Å²) >= 11 is 0. The summed E-state index contributed by atoms with van der Waals surface area (Å²) in [4.78, 5) is 19.4. The quantitative estimate of drug-likeness (QED) is 0.505. The number of amides is 1. The normalized spacial score (nSPS) is 17.4. The zero-order valence-corrected chi connectivity index (χ0v) is 22.9. The van der Waals surface area contributed by atoms with E-state index in [1.165, 1.54) is 0 Å². The van der Waals surface area contributed by atoms with Gasteiger partial charge in [0.15, 0.2) is 5.82 Å². The smallest absolute Gasteiger partial charge is 0.279 e. The van der Waals surface area contributed by atoms with Crippen LogP contribution in [0.4, 0.5) is 5.82 Å². The minimum Gasteiger partial charge on any atom is -0.496 e. The largest absolute Gasteiger partial charge is 0.496 e. The fourth-order valence-corrected chi connectivity index (χ4v) is 5.11. The van der Waals surface area contributed by atoms with E-state index in [-0.39, 0.29) is 12.1 Å². The predicted octanol–water partition coefficient (Wildman–Crippen LogP) is 4.04. The van der Waals surface area contributed by atoms with Crippen molar-refractivity contribution in [1.82, 2.24) is 29.8 Å². The topological polar surface area (TPSA) is 77.9 Å². The van der Waals surface area contributed by atoms with Crippen LogP contribution in [0.15, 0.2) is 60.5 Å². The van der Waals surface area contributed by atoms with Crippen molar-refractivity contribution in [3.8, 4) is 5.75 Å². The summed E-state index contributed by atoms with van der Waals surface area (Å²) in [5.74, 6) is 3.15. The molecule has 0 spiro atoms. The second-order valence-corrected chi connectivity index (χ2v) is 9.67. The molecular weight excluding hydrogens is 466 g/mol. The maximum absolute atomic E-state index is 13.4. The lowest BCUT2D eigenvalue weighted by Gasteiger charge is -2.40. The molecule has 0 saturated carbocycles. The molecule has 0 radical (unpaired) electrons. The molecular formula is C28H39N7O2. The number of rotatable bonds is 10. The molecule has 1 unspecified atom stereocenters. The Kier molecular flexibility index (Phi) is 7.52. The molecule has 1 aromatic carbocycles. The molecule has 1 amide bonds. The highest BCUT2D eigenvalue weighted by molar-refractivity contribution is 5.96. The first-order valence-corrected chi connectivity index (χ1v) is 12.8. The van der Waals surface area contributed by atoms with Gasteiger partial charge in [0.2, 0.25) is 0 Å². The van der Waals surface area contributed by atoms with Crippen LogP contribution in [0.25, 0.3) is 0 Å². The number of methoxy groups -OCH3 is 1. The molecule has 0 aliphatic carbocycles. The number of anilines is 1. The zero-order valence-electron chi connectivity index (χ0n) is 22.9. The van der Waals surface area contributed by atoms with E-state index < -0.39 is 0 Å². The third-order valence-corrected chi connectivity index (χ3v) is 6.84. The van der Waals surface area contributed by atoms with Crippen LogP contribution in [0.3, 0.4) is 0 Å². The number of allylic oxidation sites excluding steroid dienone is 1. The molecule has 3 heterocycles. The number of benzene rings is 1. The lowest BCUT2D eigenvalue weighted by molar-refractivity contribution is -0.128. The molecule has 198 valence electrons. The molecule has 9 heteroatoms. The van der Waals surface area contributed by atoms with E-state index in [1.54, 1.807) is 12.0 Å². The van der Waals surface area contributed by atoms with Crippen LogP contribution in [0.1, 0.15) is 49.7 Å². The average molecular weight is 506 g/mol. The van der Waals surface area contributed by atoms with Crippen molar-refractivity contribution in [2.24, 2.45) is 7.05 Å². The maximum atomic E-state index is 13.4. The standard InChI is InChI=1S/C28H39N7O2/c1-9-13-34-20(5)35(14-10-2)28(36)25-27(34)32(6)26(30-25)22-17-24(31-33(22)7)29-19(4)16-21-11-12-23(37-8)18(3)15-21/h11-12,15,17,26,30H,4-5,9-10,13-14,16H2,1-3,6-8H3,(H,29,31). The number of aryl methyl sites for hydroxylation is 2. The number of carbonyl (C=O) groups excluding carboxylic acids is 1. The van der Waals surface area contributed by atoms with Crippen LogP contribution < -0.4 is 15.4 Å². The van der Waals surface area contributed by atoms with Crippen molar-refractivity contribution < 1.29 is 9.53 Å². The first-order valence-electron chi connectivity index (χ1n) is 12.8. The van der Waals surface area contributed by atoms with Gasteiger partial charge in [-0.25, -0.2) is 0 Å². The van der Waals surface area contributed by atoms with Crippen molar-refractivity contribution in [3.63, 3.8) is 0 Å². The molecule has 2 aliphatic rings. The van der Waals surface area contributed by atoms with Crippen molar-refractivity contribution in [3.05, 3.63) is 77.3 Å². The SMILES string of the molecule is C=C(Cc1ccc(OC)c(C)c1)Nc1cc(C2NC3=C(N(CCC)C(=C)N(CCC)C3=O)N2C)n(C)n1. The molecule has 0 saturated heterocycles. The van der Waals surface area contributed by atoms with Crippen LogP contribution in [-0.2, 0) is 18.3 Å². The van der Waals surface area contributed by atoms with Gasteiger partial charge < -0.3 is 25.2 Å². The highest BCUT2D eigenvalue weighted by atomic mass is 16.5. The van der Waals surface area contributed by atoms with E-state index in [2.05, 4.69) is 58.6 Å². The van der Waals surface area contributed by atoms with Gasteiger partial charge in [0.1, 0.15) is 29.3 Å². The van der Waals surface area contributed by atoms with Crippen LogP contribution >= 0.6 is 0 Å². The summed E-state index contributed by atoms with van der Waals surface area (Å²) < 4.78 is 7.20. The van der Waals surface area contributed by atoms with Crippen molar-refractivity contribution >= 4 is 11.7 Å². The van der Waals surface area contributed by atoms with Gasteiger partial charge in [0, 0.05) is 45.4 Å². The van der Waals surface area contributed by atoms with Gasteiger partial charge in [-0.2, -0.15) is 5.10 Å². The van der Waals surface area contributed by atoms with Crippen LogP contribution in [0.5, 0.6) is 5.75 Å². The highest BCUT2D eigenvalue weighted by Crippen LogP contribution is 2.38. The number of nitrogens with zero attached hydrogens (tertiary/aromatic N) is 5. The van der Waals surface area contributed by atoms with E-state index in [9.17, 15) is 4.79 Å². The van der Waals surface area contributed by atoms with E-state index in [4.69, 9.17) is 4.74 Å². The average Bonchev–Trinajstić information content (AvgIpc) is 3.38. The van der Waals surface area contributed by atoms with Gasteiger partial charge in [0.05, 0.1) is 12.8 Å². The Morgan fingerprint density at radius 2 is 1.86 bits per heavy atom. The van der Waals surface area contributed by atoms with Crippen molar-refractivity contribution in [2.75, 3.05) is 32.6 Å². The van der Waals surface area contributed by atoms with Crippen LogP contribution in [-0.4, -0.2) is 57.6 Å². The number of hydrogen-bond acceptors (Lipinski definition) is 7. The summed E-state index contributed by atoms with van der Waals surface area (Å²) in [5, 5.41) is 11.5. The Bertz CT molecular complexity index is 1250. The monoisotopic (exact) mass is 505 g/mol. The summed E-state index contributed by atoms with van der Waals surface area (Å²) in [7, 11) is 5.60. The Balaban J connectivity index is 1.52. The summed E-state index contributed by atoms with van der Waals surface area (Å²) in [6.45, 7) is 16.1. The third kappa shape index (κ3) is 4.90. The van der Waals surface area contributed by atoms with Crippen molar-refractivity contribution in [1.29, 1.82) is 0 Å². The molecule has 0 fully saturated rings. The minimum atomic E-state index is -0.242. The summed E-state index contributed by atoms with van der Waals surface area (Å²) in [5.41, 5.74) is 4.62. The van der Waals surface area contributed by atoms with Gasteiger partial charge in [-0.1, -0.05) is 39.1 Å². The molecule has 2 aromatic rings. The Morgan fingerprint density at radius 3 is 2.51 bits per heavy atom. The fraction of sp³-hybridized carbons (Fsp3) is 0.429. The first-order chi connectivity index (χ1) is 17.7. The lowest BCUT2D eigenvalue weighted by Crippen LogP contribution is -2.47. The zero-order chi connectivity index (χ0) is 26.9. The third-order valence-electron chi connectivity index (χ3n) is 6.84. The van der Waals surface area contributed by atoms with E-state index in [1.807, 2.05) is 43.9 Å². The minimum absolute atomic E-state index is 0.0350. The number of nitrogens with one attached hydrogen (secondary N) is 2. The molecule has 37 heavy (non-hydrogen) atoms. The molecule has 1 aromatic heterocycles. The van der Waals surface area contributed by atoms with Gasteiger partial charge >= 0.3 is 0 Å². The Hall–Kier alpha value is -3.88. The summed E-state index contributed by atoms with van der Waals surface area (Å²) in [6.07, 6.45) is 2.24. The molecule has 0 bridgehead atoms. The highest BCUT2D eigenvalue weighted by Gasteiger charge is 2.44. The van der Waals surface area contributed by atoms with Crippen molar-refractivity contribution in [2.45, 2.75) is 46.2 Å². The van der Waals surface area contributed by atoms with Gasteiger partial charge in [0.25, 0.3) is 5.91 Å². The van der Waals surface area contributed by atoms with Crippen LogP contribution in [0.2, 0.25) is 0 Å². The fourth-order valence-electron chi connectivity index (χ4n) is 5.11. The van der Waals surface area contributed by atoms with E-state index in [0.29, 0.717) is 24.5 Å². The predicted molar refractivity (Wildman–Crippen MR) is 146 cm³/mol. The second kappa shape index (κ2) is 10.6. The van der Waals surface area contributed by atoms with Gasteiger partial charge in [-0.05, 0) is 37.0 Å². The molecule has 4 rings (SSSR count). The second-order valence-electron chi connectivity index (χ2n) is 9.67. The Labute approximate surface area is 220 Å². The molecule has 2 aliphatic heterocycles. The molecule has 9 nitrogen and oxygen atoms in total. The van der Waals surface area contributed by atoms with Crippen LogP contribution in [0, 0.1) is 6.92 Å². The maximum Gasteiger partial charge on any atom is 0.279 e. The van der Waals surface area contributed by atoms with Gasteiger partial charge in [-0.15, -0.1) is 0 Å². The first kappa shape index (κ1) is 26.2. The van der Waals surface area contributed by atoms with E-state index >= 15 is 0 Å².